The molecule has 0 N–H and O–H groups in total. The number of rotatable bonds is 6. The zero-order chi connectivity index (χ0) is 18.4. The summed E-state index contributed by atoms with van der Waals surface area (Å²) >= 11 is 11.8. The lowest BCUT2D eigenvalue weighted by molar-refractivity contribution is -0.148. The molecule has 1 unspecified atom stereocenters. The van der Waals surface area contributed by atoms with Crippen molar-refractivity contribution < 1.29 is 14.4 Å². The summed E-state index contributed by atoms with van der Waals surface area (Å²) in [5.41, 5.74) is 0.759. The van der Waals surface area contributed by atoms with Gasteiger partial charge >= 0.3 is 0 Å². The zero-order valence-corrected chi connectivity index (χ0v) is 15.5. The van der Waals surface area contributed by atoms with Crippen LogP contribution in [0.4, 0.5) is 0 Å². The third-order valence-corrected chi connectivity index (χ3v) is 4.88. The lowest BCUT2D eigenvalue weighted by atomic mass is 10.1. The Morgan fingerprint density at radius 1 is 1.28 bits per heavy atom. The van der Waals surface area contributed by atoms with E-state index in [2.05, 4.69) is 0 Å². The Hall–Kier alpha value is -1.85. The van der Waals surface area contributed by atoms with Crippen LogP contribution in [0.15, 0.2) is 24.3 Å². The third-order valence-electron chi connectivity index (χ3n) is 4.14. The summed E-state index contributed by atoms with van der Waals surface area (Å²) in [6.07, 6.45) is 5.02. The van der Waals surface area contributed by atoms with E-state index in [1.165, 1.54) is 6.08 Å². The van der Waals surface area contributed by atoms with Gasteiger partial charge in [0.15, 0.2) is 0 Å². The minimum absolute atomic E-state index is 0.0894. The van der Waals surface area contributed by atoms with Gasteiger partial charge in [-0.15, -0.1) is 0 Å². The van der Waals surface area contributed by atoms with Crippen LogP contribution < -0.4 is 0 Å². The molecule has 1 heterocycles. The molecule has 0 aliphatic carbocycles. The largest absolute Gasteiger partial charge is 0.339 e. The first-order valence-corrected chi connectivity index (χ1v) is 8.85. The molecule has 2 amide bonds. The maximum absolute atomic E-state index is 12.4. The molecule has 2 rings (SSSR count). The first-order valence-electron chi connectivity index (χ1n) is 8.10. The van der Waals surface area contributed by atoms with E-state index in [9.17, 15) is 14.4 Å². The summed E-state index contributed by atoms with van der Waals surface area (Å²) in [4.78, 5) is 38.4. The fourth-order valence-electron chi connectivity index (χ4n) is 2.70. The molecule has 1 fully saturated rings. The van der Waals surface area contributed by atoms with Crippen molar-refractivity contribution in [1.29, 1.82) is 0 Å². The Morgan fingerprint density at radius 3 is 2.72 bits per heavy atom. The van der Waals surface area contributed by atoms with Crippen molar-refractivity contribution in [2.75, 3.05) is 19.6 Å². The Labute approximate surface area is 157 Å². The van der Waals surface area contributed by atoms with Gasteiger partial charge in [-0.3, -0.25) is 9.59 Å². The topological polar surface area (TPSA) is 57.7 Å². The quantitative estimate of drug-likeness (QED) is 0.431. The molecular formula is C18H20Cl2N2O3. The maximum atomic E-state index is 12.4. The van der Waals surface area contributed by atoms with Crippen molar-refractivity contribution in [2.45, 2.75) is 25.8 Å². The predicted octanol–water partition coefficient (Wildman–Crippen LogP) is 3.05. The molecule has 5 nitrogen and oxygen atoms in total. The molecule has 7 heteroatoms. The van der Waals surface area contributed by atoms with Gasteiger partial charge in [-0.05, 0) is 37.1 Å². The second-order valence-electron chi connectivity index (χ2n) is 5.85. The van der Waals surface area contributed by atoms with Crippen molar-refractivity contribution >= 4 is 47.4 Å². The first kappa shape index (κ1) is 19.5. The van der Waals surface area contributed by atoms with E-state index in [0.717, 1.165) is 11.8 Å². The van der Waals surface area contributed by atoms with E-state index >= 15 is 0 Å². The number of benzene rings is 1. The fourth-order valence-corrected chi connectivity index (χ4v) is 3.00. The van der Waals surface area contributed by atoms with Gasteiger partial charge < -0.3 is 14.6 Å². The van der Waals surface area contributed by atoms with Gasteiger partial charge in [0.05, 0.1) is 10.0 Å². The molecule has 0 bridgehead atoms. The van der Waals surface area contributed by atoms with Gasteiger partial charge in [0, 0.05) is 32.1 Å². The standard InChI is InChI=1S/C18H20Cl2N2O3/c1-13-18(25)21(8-2-3-11-23)9-10-22(13)17(24)7-5-14-4-6-15(19)16(20)12-14/h4-7,11-13H,2-3,8-10H2,1H3/b7-5+. The van der Waals surface area contributed by atoms with Crippen LogP contribution >= 0.6 is 23.2 Å². The average molecular weight is 383 g/mol. The van der Waals surface area contributed by atoms with Crippen LogP contribution in [0.2, 0.25) is 10.0 Å². The van der Waals surface area contributed by atoms with Gasteiger partial charge in [0.2, 0.25) is 11.8 Å². The fraction of sp³-hybridized carbons (Fsp3) is 0.389. The van der Waals surface area contributed by atoms with Crippen LogP contribution in [0.3, 0.4) is 0 Å². The summed E-state index contributed by atoms with van der Waals surface area (Å²) in [6.45, 7) is 3.22. The number of aldehydes is 1. The zero-order valence-electron chi connectivity index (χ0n) is 14.0. The van der Waals surface area contributed by atoms with Crippen LogP contribution in [0.25, 0.3) is 6.08 Å². The summed E-state index contributed by atoms with van der Waals surface area (Å²) in [5, 5.41) is 0.874. The summed E-state index contributed by atoms with van der Waals surface area (Å²) in [7, 11) is 0. The number of piperazine rings is 1. The summed E-state index contributed by atoms with van der Waals surface area (Å²) < 4.78 is 0. The molecule has 1 aromatic carbocycles. The van der Waals surface area contributed by atoms with Crippen LogP contribution in [0, 0.1) is 0 Å². The predicted molar refractivity (Wildman–Crippen MR) is 98.5 cm³/mol. The number of carbonyl (C=O) groups is 3. The minimum Gasteiger partial charge on any atom is -0.339 e. The Balaban J connectivity index is 1.98. The van der Waals surface area contributed by atoms with E-state index < -0.39 is 6.04 Å². The number of carbonyl (C=O) groups excluding carboxylic acids is 3. The third kappa shape index (κ3) is 5.06. The molecule has 0 saturated carbocycles. The number of amides is 2. The highest BCUT2D eigenvalue weighted by Gasteiger charge is 2.32. The molecule has 134 valence electrons. The average Bonchev–Trinajstić information content (AvgIpc) is 2.59. The second-order valence-corrected chi connectivity index (χ2v) is 6.66. The van der Waals surface area contributed by atoms with Gasteiger partial charge in [-0.25, -0.2) is 0 Å². The molecule has 1 aliphatic heterocycles. The lowest BCUT2D eigenvalue weighted by Gasteiger charge is -2.38. The molecule has 0 spiro atoms. The molecule has 1 saturated heterocycles. The molecule has 0 radical (unpaired) electrons. The maximum Gasteiger partial charge on any atom is 0.247 e. The number of unbranched alkanes of at least 4 members (excludes halogenated alkanes) is 1. The highest BCUT2D eigenvalue weighted by Crippen LogP contribution is 2.23. The van der Waals surface area contributed by atoms with Crippen molar-refractivity contribution in [3.05, 3.63) is 39.9 Å². The van der Waals surface area contributed by atoms with Crippen LogP contribution in [-0.2, 0) is 14.4 Å². The van der Waals surface area contributed by atoms with Crippen molar-refractivity contribution in [3.8, 4) is 0 Å². The first-order chi connectivity index (χ1) is 11.9. The van der Waals surface area contributed by atoms with Gasteiger partial charge in [0.1, 0.15) is 12.3 Å². The van der Waals surface area contributed by atoms with Crippen LogP contribution in [0.5, 0.6) is 0 Å². The van der Waals surface area contributed by atoms with Crippen LogP contribution in [0.1, 0.15) is 25.3 Å². The number of nitrogens with zero attached hydrogens (tertiary/aromatic N) is 2. The monoisotopic (exact) mass is 382 g/mol. The molecule has 1 aromatic rings. The van der Waals surface area contributed by atoms with Crippen molar-refractivity contribution in [2.24, 2.45) is 0 Å². The van der Waals surface area contributed by atoms with Gasteiger partial charge in [-0.2, -0.15) is 0 Å². The molecular weight excluding hydrogens is 363 g/mol. The smallest absolute Gasteiger partial charge is 0.247 e. The van der Waals surface area contributed by atoms with E-state index in [1.54, 1.807) is 41.0 Å². The second kappa shape index (κ2) is 9.02. The summed E-state index contributed by atoms with van der Waals surface area (Å²) in [6, 6.07) is 4.58. The van der Waals surface area contributed by atoms with E-state index in [4.69, 9.17) is 23.2 Å². The van der Waals surface area contributed by atoms with E-state index in [1.807, 2.05) is 0 Å². The highest BCUT2D eigenvalue weighted by atomic mass is 35.5. The van der Waals surface area contributed by atoms with Gasteiger partial charge in [-0.1, -0.05) is 29.3 Å². The molecule has 1 atom stereocenters. The summed E-state index contributed by atoms with van der Waals surface area (Å²) in [5.74, 6) is -0.312. The Bertz CT molecular complexity index is 691. The SMILES string of the molecule is CC1C(=O)N(CCCC=O)CCN1C(=O)/C=C/c1ccc(Cl)c(Cl)c1. The van der Waals surface area contributed by atoms with Crippen molar-refractivity contribution in [3.63, 3.8) is 0 Å². The highest BCUT2D eigenvalue weighted by molar-refractivity contribution is 6.42. The van der Waals surface area contributed by atoms with E-state index in [-0.39, 0.29) is 11.8 Å². The number of hydrogen-bond acceptors (Lipinski definition) is 3. The minimum atomic E-state index is -0.518. The van der Waals surface area contributed by atoms with Gasteiger partial charge in [0.25, 0.3) is 0 Å². The van der Waals surface area contributed by atoms with Crippen LogP contribution in [-0.4, -0.2) is 53.6 Å². The number of halogens is 2. The van der Waals surface area contributed by atoms with E-state index in [0.29, 0.717) is 42.5 Å². The van der Waals surface area contributed by atoms with Crippen molar-refractivity contribution in [1.82, 2.24) is 9.80 Å². The normalized spacial score (nSPS) is 18.0. The molecule has 0 aromatic heterocycles. The Morgan fingerprint density at radius 2 is 2.04 bits per heavy atom. The molecule has 25 heavy (non-hydrogen) atoms. The Kier molecular flexibility index (Phi) is 7.02. The number of hydrogen-bond donors (Lipinski definition) is 0. The lowest BCUT2D eigenvalue weighted by Crippen LogP contribution is -2.57. The molecule has 1 aliphatic rings.